The molecule has 1 N–H and O–H groups in total. The summed E-state index contributed by atoms with van der Waals surface area (Å²) >= 11 is 0. The lowest BCUT2D eigenvalue weighted by Gasteiger charge is -2.46. The molecule has 0 aliphatic carbocycles. The summed E-state index contributed by atoms with van der Waals surface area (Å²) in [6.45, 7) is 9.33. The first-order chi connectivity index (χ1) is 17.2. The Labute approximate surface area is 218 Å². The van der Waals surface area contributed by atoms with Crippen molar-refractivity contribution in [1.29, 1.82) is 0 Å². The highest BCUT2D eigenvalue weighted by molar-refractivity contribution is 7.97. The van der Waals surface area contributed by atoms with Gasteiger partial charge in [-0.25, -0.2) is 8.42 Å². The lowest BCUT2D eigenvalue weighted by molar-refractivity contribution is -0.224. The molecule has 0 spiro atoms. The van der Waals surface area contributed by atoms with Crippen LogP contribution < -0.4 is 0 Å². The molecule has 4 rings (SSSR count). The molecule has 7 atom stereocenters. The van der Waals surface area contributed by atoms with Crippen LogP contribution >= 0.6 is 0 Å². The Kier molecular flexibility index (Phi) is 9.16. The van der Waals surface area contributed by atoms with Gasteiger partial charge in [0.25, 0.3) is 0 Å². The maximum atomic E-state index is 14.0. The highest BCUT2D eigenvalue weighted by Crippen LogP contribution is 2.39. The third kappa shape index (κ3) is 5.69. The van der Waals surface area contributed by atoms with E-state index in [-0.39, 0.29) is 24.4 Å². The SMILES string of the molecule is CC[Si](CC)(CC)/C(=C\[C@H]1O[C@H]2C[C@@H](C)C[C@H]3OCCC[C@@H]3O[C@@H]2C[C@@H]1O)S(=O)(=O)c1ccccc1. The maximum absolute atomic E-state index is 14.0. The minimum atomic E-state index is -3.70. The summed E-state index contributed by atoms with van der Waals surface area (Å²) in [5.74, 6) is 0.398. The number of aliphatic hydroxyl groups excluding tert-OH is 1. The van der Waals surface area contributed by atoms with Gasteiger partial charge in [0.05, 0.1) is 35.4 Å². The van der Waals surface area contributed by atoms with E-state index < -0.39 is 30.1 Å². The second-order valence-corrected chi connectivity index (χ2v) is 18.5. The normalized spacial score (nSPS) is 34.2. The second-order valence-electron chi connectivity index (χ2n) is 11.0. The third-order valence-electron chi connectivity index (χ3n) is 8.81. The topological polar surface area (TPSA) is 82.1 Å². The van der Waals surface area contributed by atoms with Crippen molar-refractivity contribution in [3.63, 3.8) is 0 Å². The number of fused-ring (bicyclic) bond motifs is 2. The number of sulfone groups is 1. The zero-order valence-electron chi connectivity index (χ0n) is 22.3. The summed E-state index contributed by atoms with van der Waals surface area (Å²) in [7, 11) is -6.05. The van der Waals surface area contributed by atoms with E-state index >= 15 is 0 Å². The standard InChI is InChI=1S/C28H44O6SSi/c1-5-36(6-2,7-3)28(35(30,31)21-12-9-8-10-13-21)19-24-22(29)18-27-26(34-24)17-20(4)16-25-23(33-27)14-11-15-32-25/h8-10,12-13,19-20,22-27,29H,5-7,11,14-18H2,1-4H3/b28-19-/t20-,22-,23-,24+,25+,26-,27+/m0/s1. The zero-order valence-corrected chi connectivity index (χ0v) is 24.1. The molecule has 1 aromatic carbocycles. The quantitative estimate of drug-likeness (QED) is 0.478. The van der Waals surface area contributed by atoms with Gasteiger partial charge in [0.15, 0.2) is 9.84 Å². The molecule has 3 aliphatic heterocycles. The lowest BCUT2D eigenvalue weighted by Crippen LogP contribution is -2.53. The molecule has 0 bridgehead atoms. The number of hydrogen-bond donors (Lipinski definition) is 1. The van der Waals surface area contributed by atoms with Crippen LogP contribution in [0.5, 0.6) is 0 Å². The van der Waals surface area contributed by atoms with Crippen molar-refractivity contribution in [1.82, 2.24) is 0 Å². The Hall–Kier alpha value is -1.03. The van der Waals surface area contributed by atoms with E-state index in [0.717, 1.165) is 50.4 Å². The van der Waals surface area contributed by atoms with E-state index in [9.17, 15) is 13.5 Å². The molecule has 1 aromatic rings. The molecule has 0 unspecified atom stereocenters. The lowest BCUT2D eigenvalue weighted by atomic mass is 9.85. The van der Waals surface area contributed by atoms with E-state index in [4.69, 9.17) is 14.2 Å². The van der Waals surface area contributed by atoms with Crippen molar-refractivity contribution in [2.45, 2.75) is 119 Å². The number of ether oxygens (including phenoxy) is 3. The van der Waals surface area contributed by atoms with Gasteiger partial charge < -0.3 is 19.3 Å². The van der Waals surface area contributed by atoms with E-state index in [1.165, 1.54) is 0 Å². The molecule has 36 heavy (non-hydrogen) atoms. The van der Waals surface area contributed by atoms with Crippen LogP contribution in [0.3, 0.4) is 0 Å². The fourth-order valence-corrected chi connectivity index (χ4v) is 14.5. The molecule has 0 amide bonds. The van der Waals surface area contributed by atoms with Gasteiger partial charge in [-0.1, -0.05) is 64.0 Å². The van der Waals surface area contributed by atoms with Crippen molar-refractivity contribution < 1.29 is 27.7 Å². The van der Waals surface area contributed by atoms with Gasteiger partial charge in [-0.3, -0.25) is 0 Å². The molecule has 0 saturated carbocycles. The van der Waals surface area contributed by atoms with Crippen molar-refractivity contribution in [3.05, 3.63) is 40.9 Å². The van der Waals surface area contributed by atoms with E-state index in [0.29, 0.717) is 21.8 Å². The molecular weight excluding hydrogens is 492 g/mol. The molecule has 202 valence electrons. The fraction of sp³-hybridized carbons (Fsp3) is 0.714. The molecule has 3 aliphatic rings. The first-order valence-corrected chi connectivity index (χ1v) is 18.0. The minimum absolute atomic E-state index is 0.0336. The molecule has 0 aromatic heterocycles. The molecule has 3 saturated heterocycles. The number of rotatable bonds is 7. The van der Waals surface area contributed by atoms with Gasteiger partial charge in [0.2, 0.25) is 0 Å². The van der Waals surface area contributed by atoms with Crippen LogP contribution in [0.2, 0.25) is 18.1 Å². The number of aliphatic hydroxyl groups is 1. The molecule has 0 radical (unpaired) electrons. The Morgan fingerprint density at radius 2 is 1.61 bits per heavy atom. The molecular formula is C28H44O6SSi. The Balaban J connectivity index is 1.68. The fourth-order valence-electron chi connectivity index (χ4n) is 6.41. The number of benzene rings is 1. The minimum Gasteiger partial charge on any atom is -0.390 e. The Morgan fingerprint density at radius 3 is 2.28 bits per heavy atom. The predicted molar refractivity (Wildman–Crippen MR) is 144 cm³/mol. The van der Waals surface area contributed by atoms with Gasteiger partial charge in [-0.15, -0.1) is 0 Å². The average molecular weight is 537 g/mol. The van der Waals surface area contributed by atoms with Gasteiger partial charge in [-0.05, 0) is 49.8 Å². The maximum Gasteiger partial charge on any atom is 0.198 e. The summed E-state index contributed by atoms with van der Waals surface area (Å²) in [5, 5.41) is 11.2. The summed E-state index contributed by atoms with van der Waals surface area (Å²) in [5.41, 5.74) is 0. The molecule has 6 nitrogen and oxygen atoms in total. The van der Waals surface area contributed by atoms with E-state index in [1.807, 2.05) is 6.07 Å². The average Bonchev–Trinajstić information content (AvgIpc) is 2.87. The van der Waals surface area contributed by atoms with E-state index in [1.54, 1.807) is 30.3 Å². The summed E-state index contributed by atoms with van der Waals surface area (Å²) in [6, 6.07) is 11.2. The first kappa shape index (κ1) is 28.0. The zero-order chi connectivity index (χ0) is 25.9. The first-order valence-electron chi connectivity index (χ1n) is 13.9. The van der Waals surface area contributed by atoms with Crippen molar-refractivity contribution in [2.24, 2.45) is 5.92 Å². The van der Waals surface area contributed by atoms with Crippen molar-refractivity contribution in [2.75, 3.05) is 6.61 Å². The molecule has 3 heterocycles. The van der Waals surface area contributed by atoms with Crippen molar-refractivity contribution in [3.8, 4) is 0 Å². The van der Waals surface area contributed by atoms with Crippen LogP contribution in [0.4, 0.5) is 0 Å². The van der Waals surface area contributed by atoms with Gasteiger partial charge in [0, 0.05) is 17.6 Å². The van der Waals surface area contributed by atoms with Crippen LogP contribution in [0, 0.1) is 5.92 Å². The summed E-state index contributed by atoms with van der Waals surface area (Å²) in [4.78, 5) is 0.318. The van der Waals surface area contributed by atoms with Crippen LogP contribution in [0.25, 0.3) is 0 Å². The van der Waals surface area contributed by atoms with Crippen LogP contribution in [0.15, 0.2) is 45.8 Å². The highest BCUT2D eigenvalue weighted by Gasteiger charge is 2.45. The Morgan fingerprint density at radius 1 is 0.972 bits per heavy atom. The summed E-state index contributed by atoms with van der Waals surface area (Å²) in [6.07, 6.45) is 4.22. The van der Waals surface area contributed by atoms with Gasteiger partial charge in [-0.2, -0.15) is 0 Å². The molecule has 3 fully saturated rings. The van der Waals surface area contributed by atoms with Crippen LogP contribution in [-0.2, 0) is 24.0 Å². The smallest absolute Gasteiger partial charge is 0.198 e. The summed E-state index contributed by atoms with van der Waals surface area (Å²) < 4.78 is 47.6. The monoisotopic (exact) mass is 536 g/mol. The largest absolute Gasteiger partial charge is 0.390 e. The number of hydrogen-bond acceptors (Lipinski definition) is 6. The Bertz CT molecular complexity index is 984. The highest BCUT2D eigenvalue weighted by atomic mass is 32.2. The third-order valence-corrected chi connectivity index (χ3v) is 17.8. The van der Waals surface area contributed by atoms with Crippen LogP contribution in [0.1, 0.15) is 59.8 Å². The van der Waals surface area contributed by atoms with Gasteiger partial charge >= 0.3 is 0 Å². The second kappa shape index (κ2) is 11.8. The van der Waals surface area contributed by atoms with E-state index in [2.05, 4.69) is 27.7 Å². The van der Waals surface area contributed by atoms with Gasteiger partial charge in [0.1, 0.15) is 14.2 Å². The molecule has 8 heteroatoms. The van der Waals surface area contributed by atoms with Crippen LogP contribution in [-0.4, -0.2) is 64.8 Å². The predicted octanol–water partition coefficient (Wildman–Crippen LogP) is 5.27. The van der Waals surface area contributed by atoms with Crippen molar-refractivity contribution >= 4 is 17.9 Å².